The number of aromatic nitrogens is 4. The second kappa shape index (κ2) is 5.66. The smallest absolute Gasteiger partial charge is 0.327 e. The van der Waals surface area contributed by atoms with Gasteiger partial charge in [0.25, 0.3) is 5.56 Å². The van der Waals surface area contributed by atoms with E-state index in [1.807, 2.05) is 0 Å². The molecule has 3 N–H and O–H groups in total. The maximum Gasteiger partial charge on any atom is 0.327 e. The maximum atomic E-state index is 11.4. The van der Waals surface area contributed by atoms with Gasteiger partial charge in [0, 0.05) is 36.0 Å². The van der Waals surface area contributed by atoms with Crippen LogP contribution in [0.25, 0.3) is 11.2 Å². The molecule has 0 amide bonds. The van der Waals surface area contributed by atoms with Crippen LogP contribution in [0.4, 0.5) is 0 Å². The number of H-pyrrole nitrogens is 3. The summed E-state index contributed by atoms with van der Waals surface area (Å²) in [5.41, 5.74) is -0.299. The molecule has 0 aliphatic heterocycles. The number of nitrogens with zero attached hydrogens (tertiary/aromatic N) is 1. The Bertz CT molecular complexity index is 611. The molecule has 6 nitrogen and oxygen atoms in total. The van der Waals surface area contributed by atoms with Gasteiger partial charge in [-0.05, 0) is 12.3 Å². The van der Waals surface area contributed by atoms with E-state index in [9.17, 15) is 9.59 Å². The molecule has 17 heavy (non-hydrogen) atoms. The van der Waals surface area contributed by atoms with Crippen molar-refractivity contribution in [1.29, 1.82) is 0 Å². The van der Waals surface area contributed by atoms with Gasteiger partial charge in [-0.15, -0.1) is 0 Å². The SMILES string of the molecule is CC(C)CCc1nc2[nH]c(=O)[nH]c(=O)c2[nH]1.[Na]. The number of imidazole rings is 1. The molecular formula is C10H14N4NaO2. The van der Waals surface area contributed by atoms with Gasteiger partial charge >= 0.3 is 5.69 Å². The fourth-order valence-electron chi connectivity index (χ4n) is 1.53. The Labute approximate surface area is 120 Å². The van der Waals surface area contributed by atoms with Gasteiger partial charge in [0.15, 0.2) is 5.65 Å². The summed E-state index contributed by atoms with van der Waals surface area (Å²) in [5, 5.41) is 0. The first-order valence-corrected chi connectivity index (χ1v) is 5.27. The molecule has 1 radical (unpaired) electrons. The van der Waals surface area contributed by atoms with E-state index in [1.54, 1.807) is 0 Å². The Morgan fingerprint density at radius 2 is 1.88 bits per heavy atom. The second-order valence-corrected chi connectivity index (χ2v) is 4.25. The molecule has 7 heteroatoms. The van der Waals surface area contributed by atoms with Gasteiger partial charge in [-0.3, -0.25) is 14.8 Å². The Balaban J connectivity index is 0.00000144. The molecule has 0 atom stereocenters. The molecule has 0 bridgehead atoms. The molecule has 0 spiro atoms. The molecule has 0 fully saturated rings. The van der Waals surface area contributed by atoms with Gasteiger partial charge in [0.2, 0.25) is 0 Å². The van der Waals surface area contributed by atoms with Crippen LogP contribution < -0.4 is 11.2 Å². The first-order valence-electron chi connectivity index (χ1n) is 5.27. The fourth-order valence-corrected chi connectivity index (χ4v) is 1.53. The van der Waals surface area contributed by atoms with Crippen LogP contribution in [0.5, 0.6) is 0 Å². The topological polar surface area (TPSA) is 94.4 Å². The zero-order valence-corrected chi connectivity index (χ0v) is 12.3. The molecule has 0 aliphatic carbocycles. The van der Waals surface area contributed by atoms with Gasteiger partial charge in [-0.1, -0.05) is 13.8 Å². The number of aryl methyl sites for hydroxylation is 1. The van der Waals surface area contributed by atoms with Crippen LogP contribution in [-0.2, 0) is 6.42 Å². The molecule has 0 saturated heterocycles. The van der Waals surface area contributed by atoms with Crippen molar-refractivity contribution < 1.29 is 0 Å². The standard InChI is InChI=1S/C10H14N4O2.Na/c1-5(2)3-4-6-11-7-8(12-6)13-10(16)14-9(7)15;/h5H,3-4H2,1-2H3,(H3,11,12,13,14,15,16);. The predicted octanol–water partition coefficient (Wildman–Crippen LogP) is 0.147. The number of hydrogen-bond donors (Lipinski definition) is 3. The first-order chi connectivity index (χ1) is 7.56. The Morgan fingerprint density at radius 3 is 2.53 bits per heavy atom. The quantitative estimate of drug-likeness (QED) is 0.672. The minimum Gasteiger partial charge on any atom is -0.336 e. The molecule has 87 valence electrons. The number of rotatable bonds is 3. The summed E-state index contributed by atoms with van der Waals surface area (Å²) in [6, 6.07) is 0. The monoisotopic (exact) mass is 245 g/mol. The second-order valence-electron chi connectivity index (χ2n) is 4.25. The van der Waals surface area contributed by atoms with E-state index in [2.05, 4.69) is 33.8 Å². The van der Waals surface area contributed by atoms with Crippen molar-refractivity contribution in [2.75, 3.05) is 0 Å². The van der Waals surface area contributed by atoms with Crippen molar-refractivity contribution in [2.45, 2.75) is 26.7 Å². The normalized spacial score (nSPS) is 10.8. The summed E-state index contributed by atoms with van der Waals surface area (Å²) in [6.07, 6.45) is 1.76. The summed E-state index contributed by atoms with van der Waals surface area (Å²) in [7, 11) is 0. The number of hydrogen-bond acceptors (Lipinski definition) is 3. The maximum absolute atomic E-state index is 11.4. The summed E-state index contributed by atoms with van der Waals surface area (Å²) in [6.45, 7) is 4.24. The zero-order valence-electron chi connectivity index (χ0n) is 10.3. The number of nitrogens with one attached hydrogen (secondary N) is 3. The Morgan fingerprint density at radius 1 is 1.18 bits per heavy atom. The van der Waals surface area contributed by atoms with Gasteiger partial charge in [0.05, 0.1) is 0 Å². The fraction of sp³-hybridized carbons (Fsp3) is 0.500. The molecule has 2 aromatic rings. The van der Waals surface area contributed by atoms with E-state index in [-0.39, 0.29) is 29.6 Å². The minimum atomic E-state index is -0.528. The minimum absolute atomic E-state index is 0. The summed E-state index contributed by atoms with van der Waals surface area (Å²) in [4.78, 5) is 34.2. The van der Waals surface area contributed by atoms with Crippen LogP contribution in [0.3, 0.4) is 0 Å². The third kappa shape index (κ3) is 3.31. The Hall–Kier alpha value is -0.850. The van der Waals surface area contributed by atoms with E-state index in [0.29, 0.717) is 17.1 Å². The molecule has 0 aliphatic rings. The van der Waals surface area contributed by atoms with E-state index in [1.165, 1.54) is 0 Å². The number of aromatic amines is 3. The van der Waals surface area contributed by atoms with Gasteiger partial charge in [-0.2, -0.15) is 0 Å². The van der Waals surface area contributed by atoms with E-state index >= 15 is 0 Å². The number of fused-ring (bicyclic) bond motifs is 1. The van der Waals surface area contributed by atoms with Crippen molar-refractivity contribution in [3.8, 4) is 0 Å². The average Bonchev–Trinajstić information content (AvgIpc) is 2.57. The third-order valence-electron chi connectivity index (χ3n) is 2.40. The van der Waals surface area contributed by atoms with Crippen LogP contribution in [0.1, 0.15) is 26.1 Å². The zero-order chi connectivity index (χ0) is 11.7. The molecule has 0 saturated carbocycles. The molecule has 2 rings (SSSR count). The Kier molecular flexibility index (Phi) is 4.73. The average molecular weight is 245 g/mol. The third-order valence-corrected chi connectivity index (χ3v) is 2.40. The summed E-state index contributed by atoms with van der Waals surface area (Å²) in [5.74, 6) is 1.31. The van der Waals surface area contributed by atoms with Crippen molar-refractivity contribution in [3.63, 3.8) is 0 Å². The summed E-state index contributed by atoms with van der Waals surface area (Å²) >= 11 is 0. The first kappa shape index (κ1) is 14.2. The van der Waals surface area contributed by atoms with E-state index < -0.39 is 11.2 Å². The summed E-state index contributed by atoms with van der Waals surface area (Å²) < 4.78 is 0. The molecule has 0 unspecified atom stereocenters. The molecule has 2 heterocycles. The van der Waals surface area contributed by atoms with Crippen molar-refractivity contribution in [3.05, 3.63) is 26.7 Å². The van der Waals surface area contributed by atoms with Gasteiger partial charge in [0.1, 0.15) is 11.3 Å². The van der Waals surface area contributed by atoms with Crippen LogP contribution in [-0.4, -0.2) is 49.5 Å². The van der Waals surface area contributed by atoms with E-state index in [0.717, 1.165) is 18.7 Å². The van der Waals surface area contributed by atoms with Crippen LogP contribution in [0, 0.1) is 5.92 Å². The van der Waals surface area contributed by atoms with Crippen molar-refractivity contribution >= 4 is 40.7 Å². The van der Waals surface area contributed by atoms with Crippen LogP contribution in [0.2, 0.25) is 0 Å². The van der Waals surface area contributed by atoms with Crippen molar-refractivity contribution in [2.24, 2.45) is 5.92 Å². The molecule has 0 aromatic carbocycles. The van der Waals surface area contributed by atoms with Crippen molar-refractivity contribution in [1.82, 2.24) is 19.9 Å². The molecule has 2 aromatic heterocycles. The largest absolute Gasteiger partial charge is 0.336 e. The van der Waals surface area contributed by atoms with E-state index in [4.69, 9.17) is 0 Å². The van der Waals surface area contributed by atoms with Gasteiger partial charge < -0.3 is 4.98 Å². The van der Waals surface area contributed by atoms with Crippen LogP contribution in [0.15, 0.2) is 9.59 Å². The van der Waals surface area contributed by atoms with Gasteiger partial charge in [-0.25, -0.2) is 9.78 Å². The molecular weight excluding hydrogens is 231 g/mol. The van der Waals surface area contributed by atoms with Crippen LogP contribution >= 0.6 is 0 Å². The predicted molar refractivity (Wildman–Crippen MR) is 66.2 cm³/mol.